The summed E-state index contributed by atoms with van der Waals surface area (Å²) in [6, 6.07) is 13.6. The lowest BCUT2D eigenvalue weighted by Gasteiger charge is -2.31. The van der Waals surface area contributed by atoms with Crippen LogP contribution in [0.5, 0.6) is 11.5 Å². The number of fused-ring (bicyclic) bond motifs is 1. The van der Waals surface area contributed by atoms with Gasteiger partial charge in [-0.1, -0.05) is 12.1 Å². The zero-order valence-electron chi connectivity index (χ0n) is 15.7. The summed E-state index contributed by atoms with van der Waals surface area (Å²) in [5, 5.41) is 5.69. The minimum absolute atomic E-state index is 0.0669. The monoisotopic (exact) mass is 433 g/mol. The van der Waals surface area contributed by atoms with Gasteiger partial charge in [-0.3, -0.25) is 9.78 Å². The van der Waals surface area contributed by atoms with E-state index in [-0.39, 0.29) is 5.69 Å². The molecule has 0 aliphatic carbocycles. The molecule has 1 amide bonds. The van der Waals surface area contributed by atoms with Gasteiger partial charge in [0.15, 0.2) is 11.5 Å². The number of hydrogen-bond donors (Lipinski definition) is 2. The molecular formula is C21H15F4N3O3. The summed E-state index contributed by atoms with van der Waals surface area (Å²) in [6.07, 6.45) is -6.34. The standard InChI is InChI=1S/C21H15F4N3O3/c22-20(23)21(24,25)31-18-11-14(5-6-17(18)30-20)28-19(29)15-3-1-2-4-16(15)27-12-13-7-9-26-10-8-13/h1-11,27H,12H2,(H,28,29). The summed E-state index contributed by atoms with van der Waals surface area (Å²) < 4.78 is 61.4. The van der Waals surface area contributed by atoms with Gasteiger partial charge in [-0.05, 0) is 42.0 Å². The molecule has 2 heterocycles. The van der Waals surface area contributed by atoms with Crippen LogP contribution in [0.1, 0.15) is 15.9 Å². The highest BCUT2D eigenvalue weighted by Crippen LogP contribution is 2.47. The van der Waals surface area contributed by atoms with Crippen LogP contribution in [0.2, 0.25) is 0 Å². The zero-order valence-corrected chi connectivity index (χ0v) is 15.7. The minimum Gasteiger partial charge on any atom is -0.421 e. The van der Waals surface area contributed by atoms with Crippen LogP contribution in [-0.2, 0) is 6.54 Å². The number of anilines is 2. The minimum atomic E-state index is -4.84. The first-order valence-corrected chi connectivity index (χ1v) is 9.06. The van der Waals surface area contributed by atoms with Crippen LogP contribution in [0.15, 0.2) is 67.0 Å². The lowest BCUT2D eigenvalue weighted by atomic mass is 10.1. The molecule has 0 saturated carbocycles. The lowest BCUT2D eigenvalue weighted by molar-refractivity contribution is -0.391. The van der Waals surface area contributed by atoms with Crippen LogP contribution in [0, 0.1) is 0 Å². The smallest absolute Gasteiger partial charge is 0.421 e. The van der Waals surface area contributed by atoms with Gasteiger partial charge in [0.1, 0.15) is 0 Å². The average Bonchev–Trinajstić information content (AvgIpc) is 2.74. The number of benzene rings is 2. The Morgan fingerprint density at radius 3 is 2.32 bits per heavy atom. The van der Waals surface area contributed by atoms with Gasteiger partial charge in [0.05, 0.1) is 5.56 Å². The molecule has 0 saturated heterocycles. The van der Waals surface area contributed by atoms with E-state index < -0.39 is 29.6 Å². The van der Waals surface area contributed by atoms with Crippen LogP contribution in [0.25, 0.3) is 0 Å². The summed E-state index contributed by atoms with van der Waals surface area (Å²) >= 11 is 0. The van der Waals surface area contributed by atoms with Gasteiger partial charge in [0.25, 0.3) is 5.91 Å². The third-order valence-corrected chi connectivity index (χ3v) is 4.42. The molecule has 0 fully saturated rings. The molecule has 1 aliphatic heterocycles. The number of aromatic nitrogens is 1. The summed E-state index contributed by atoms with van der Waals surface area (Å²) in [7, 11) is 0. The van der Waals surface area contributed by atoms with E-state index in [0.717, 1.165) is 17.7 Å². The molecule has 0 atom stereocenters. The van der Waals surface area contributed by atoms with Gasteiger partial charge < -0.3 is 20.1 Å². The van der Waals surface area contributed by atoms with Crippen molar-refractivity contribution in [1.82, 2.24) is 4.98 Å². The van der Waals surface area contributed by atoms with Gasteiger partial charge in [-0.25, -0.2) is 0 Å². The van der Waals surface area contributed by atoms with Crippen LogP contribution >= 0.6 is 0 Å². The Morgan fingerprint density at radius 2 is 1.58 bits per heavy atom. The predicted molar refractivity (Wildman–Crippen MR) is 104 cm³/mol. The second-order valence-electron chi connectivity index (χ2n) is 6.61. The molecule has 2 N–H and O–H groups in total. The van der Waals surface area contributed by atoms with Crippen molar-refractivity contribution in [2.45, 2.75) is 18.8 Å². The van der Waals surface area contributed by atoms with Crippen molar-refractivity contribution in [3.05, 3.63) is 78.1 Å². The van der Waals surface area contributed by atoms with Crippen molar-refractivity contribution in [1.29, 1.82) is 0 Å². The lowest BCUT2D eigenvalue weighted by Crippen LogP contribution is -2.52. The van der Waals surface area contributed by atoms with E-state index in [1.807, 2.05) is 12.1 Å². The Hall–Kier alpha value is -3.82. The molecule has 1 aliphatic rings. The number of para-hydroxylation sites is 1. The first kappa shape index (κ1) is 20.5. The molecular weight excluding hydrogens is 418 g/mol. The van der Waals surface area contributed by atoms with Crippen molar-refractivity contribution >= 4 is 17.3 Å². The quantitative estimate of drug-likeness (QED) is 0.560. The fourth-order valence-corrected chi connectivity index (χ4v) is 2.88. The number of amides is 1. The van der Waals surface area contributed by atoms with Gasteiger partial charge in [-0.15, -0.1) is 0 Å². The van der Waals surface area contributed by atoms with E-state index in [4.69, 9.17) is 0 Å². The van der Waals surface area contributed by atoms with Crippen molar-refractivity contribution in [2.24, 2.45) is 0 Å². The summed E-state index contributed by atoms with van der Waals surface area (Å²) in [5.74, 6) is -1.71. The van der Waals surface area contributed by atoms with Crippen molar-refractivity contribution in [2.75, 3.05) is 10.6 Å². The van der Waals surface area contributed by atoms with Crippen LogP contribution in [0.4, 0.5) is 28.9 Å². The highest BCUT2D eigenvalue weighted by atomic mass is 19.3. The molecule has 6 nitrogen and oxygen atoms in total. The number of carbonyl (C=O) groups is 1. The third kappa shape index (κ3) is 4.23. The van der Waals surface area contributed by atoms with E-state index in [9.17, 15) is 22.4 Å². The zero-order chi connectivity index (χ0) is 22.1. The average molecular weight is 433 g/mol. The Morgan fingerprint density at radius 1 is 0.903 bits per heavy atom. The topological polar surface area (TPSA) is 72.5 Å². The Balaban J connectivity index is 1.51. The summed E-state index contributed by atoms with van der Waals surface area (Å²) in [5.41, 5.74) is 1.86. The first-order chi connectivity index (χ1) is 14.7. The van der Waals surface area contributed by atoms with E-state index in [1.165, 1.54) is 6.07 Å². The Labute approximate surface area is 173 Å². The number of hydrogen-bond acceptors (Lipinski definition) is 5. The third-order valence-electron chi connectivity index (χ3n) is 4.42. The first-order valence-electron chi connectivity index (χ1n) is 9.06. The van der Waals surface area contributed by atoms with Gasteiger partial charge in [-0.2, -0.15) is 17.6 Å². The Kier molecular flexibility index (Phi) is 5.14. The summed E-state index contributed by atoms with van der Waals surface area (Å²) in [6.45, 7) is 0.445. The second kappa shape index (κ2) is 7.78. The summed E-state index contributed by atoms with van der Waals surface area (Å²) in [4.78, 5) is 16.7. The molecule has 0 unspecified atom stereocenters. The maximum Gasteiger partial charge on any atom is 0.507 e. The number of alkyl halides is 4. The molecule has 160 valence electrons. The SMILES string of the molecule is O=C(Nc1ccc2c(c1)OC(F)(F)C(F)(F)O2)c1ccccc1NCc1ccncc1. The number of nitrogens with one attached hydrogen (secondary N) is 2. The Bertz CT molecular complexity index is 1110. The van der Waals surface area contributed by atoms with Crippen LogP contribution in [-0.4, -0.2) is 23.1 Å². The van der Waals surface area contributed by atoms with E-state index in [2.05, 4.69) is 25.1 Å². The maximum atomic E-state index is 13.4. The highest BCUT2D eigenvalue weighted by molar-refractivity contribution is 6.08. The van der Waals surface area contributed by atoms with Crippen molar-refractivity contribution in [3.8, 4) is 11.5 Å². The number of nitrogens with zero attached hydrogens (tertiary/aromatic N) is 1. The van der Waals surface area contributed by atoms with Gasteiger partial charge >= 0.3 is 12.2 Å². The molecule has 2 aromatic carbocycles. The molecule has 31 heavy (non-hydrogen) atoms. The number of ether oxygens (including phenoxy) is 2. The molecule has 0 spiro atoms. The van der Waals surface area contributed by atoms with Gasteiger partial charge in [0, 0.05) is 36.4 Å². The second-order valence-corrected chi connectivity index (χ2v) is 6.61. The number of halogens is 4. The normalized spacial score (nSPS) is 15.7. The number of rotatable bonds is 5. The fourth-order valence-electron chi connectivity index (χ4n) is 2.88. The largest absolute Gasteiger partial charge is 0.507 e. The van der Waals surface area contributed by atoms with E-state index in [0.29, 0.717) is 17.8 Å². The molecule has 1 aromatic heterocycles. The number of pyridine rings is 1. The van der Waals surface area contributed by atoms with E-state index >= 15 is 0 Å². The molecule has 10 heteroatoms. The molecule has 4 rings (SSSR count). The van der Waals surface area contributed by atoms with Crippen molar-refractivity contribution < 1.29 is 31.8 Å². The highest BCUT2D eigenvalue weighted by Gasteiger charge is 2.65. The van der Waals surface area contributed by atoms with Crippen molar-refractivity contribution in [3.63, 3.8) is 0 Å². The van der Waals surface area contributed by atoms with Crippen LogP contribution < -0.4 is 20.1 Å². The number of carbonyl (C=O) groups excluding carboxylic acids is 1. The molecule has 3 aromatic rings. The van der Waals surface area contributed by atoms with E-state index in [1.54, 1.807) is 36.7 Å². The molecule has 0 bridgehead atoms. The van der Waals surface area contributed by atoms with Crippen LogP contribution in [0.3, 0.4) is 0 Å². The fraction of sp³-hybridized carbons (Fsp3) is 0.143. The maximum absolute atomic E-state index is 13.4. The van der Waals surface area contributed by atoms with Gasteiger partial charge in [0.2, 0.25) is 0 Å². The predicted octanol–water partition coefficient (Wildman–Crippen LogP) is 4.90. The molecule has 0 radical (unpaired) electrons.